The van der Waals surface area contributed by atoms with E-state index in [9.17, 15) is 13.2 Å². The summed E-state index contributed by atoms with van der Waals surface area (Å²) in [5, 5.41) is 1.01. The van der Waals surface area contributed by atoms with Crippen molar-refractivity contribution in [1.29, 1.82) is 0 Å². The second-order valence-corrected chi connectivity index (χ2v) is 6.07. The van der Waals surface area contributed by atoms with Crippen LogP contribution in [0.2, 0.25) is 0 Å². The number of rotatable bonds is 6. The molecule has 0 saturated heterocycles. The second-order valence-electron chi connectivity index (χ2n) is 4.51. The number of benzene rings is 1. The van der Waals surface area contributed by atoms with Crippen LogP contribution in [-0.4, -0.2) is 14.3 Å². The van der Waals surface area contributed by atoms with Gasteiger partial charge in [-0.15, -0.1) is 4.83 Å². The van der Waals surface area contributed by atoms with Crippen LogP contribution in [0.15, 0.2) is 35.7 Å². The molecular weight excluding hydrogens is 264 g/mol. The van der Waals surface area contributed by atoms with Crippen LogP contribution < -0.4 is 10.3 Å². The lowest BCUT2D eigenvalue weighted by atomic mass is 10.1. The molecule has 0 aliphatic rings. The molecule has 0 unspecified atom stereocenters. The molecule has 0 bridgehead atoms. The van der Waals surface area contributed by atoms with Gasteiger partial charge in [-0.25, -0.2) is 8.42 Å². The van der Waals surface area contributed by atoms with Gasteiger partial charge in [0.15, 0.2) is 0 Å². The van der Waals surface area contributed by atoms with E-state index in [1.54, 1.807) is 12.1 Å². The van der Waals surface area contributed by atoms with Crippen LogP contribution in [-0.2, 0) is 14.8 Å². The topological polar surface area (TPSA) is 75.3 Å². The summed E-state index contributed by atoms with van der Waals surface area (Å²) in [4.78, 5) is 13.3. The first-order chi connectivity index (χ1) is 8.89. The first-order valence-corrected chi connectivity index (χ1v) is 7.47. The number of sulfonamides is 1. The summed E-state index contributed by atoms with van der Waals surface area (Å²) in [6, 6.07) is 9.03. The number of carbonyl (C=O) groups excluding carboxylic acids is 1. The highest BCUT2D eigenvalue weighted by molar-refractivity contribution is 7.92. The Bertz CT molecular complexity index is 536. The average molecular weight is 282 g/mol. The Hall–Kier alpha value is -1.66. The summed E-state index contributed by atoms with van der Waals surface area (Å²) in [6.45, 7) is 3.76. The highest BCUT2D eigenvalue weighted by Gasteiger charge is 2.08. The van der Waals surface area contributed by atoms with Crippen molar-refractivity contribution < 1.29 is 13.2 Å². The minimum absolute atomic E-state index is 0.171. The third-order valence-electron chi connectivity index (χ3n) is 2.17. The summed E-state index contributed by atoms with van der Waals surface area (Å²) in [5.41, 5.74) is 2.93. The van der Waals surface area contributed by atoms with Crippen molar-refractivity contribution in [3.05, 3.63) is 41.3 Å². The van der Waals surface area contributed by atoms with E-state index in [-0.39, 0.29) is 18.2 Å². The maximum Gasteiger partial charge on any atom is 0.250 e. The standard InChI is InChI=1S/C13H18N2O3S/c1-11(2)10-13(16)14-15-19(17,18)9-8-12-6-4-3-5-7-12/h3-9,11,15H,10H2,1-2H3,(H,14,16)/b9-8+. The lowest BCUT2D eigenvalue weighted by Gasteiger charge is -2.07. The quantitative estimate of drug-likeness (QED) is 0.779. The van der Waals surface area contributed by atoms with E-state index in [4.69, 9.17) is 0 Å². The zero-order valence-corrected chi connectivity index (χ0v) is 11.8. The van der Waals surface area contributed by atoms with Gasteiger partial charge in [0.05, 0.1) is 0 Å². The smallest absolute Gasteiger partial charge is 0.250 e. The predicted molar refractivity (Wildman–Crippen MR) is 75.1 cm³/mol. The Balaban J connectivity index is 2.53. The molecule has 1 amide bonds. The maximum atomic E-state index is 11.6. The lowest BCUT2D eigenvalue weighted by Crippen LogP contribution is -2.40. The molecule has 1 aromatic rings. The number of amides is 1. The van der Waals surface area contributed by atoms with Crippen molar-refractivity contribution in [1.82, 2.24) is 10.3 Å². The number of hydrazine groups is 1. The van der Waals surface area contributed by atoms with Crippen LogP contribution in [0, 0.1) is 5.92 Å². The minimum atomic E-state index is -3.67. The van der Waals surface area contributed by atoms with Gasteiger partial charge in [-0.1, -0.05) is 44.2 Å². The molecule has 0 atom stereocenters. The molecule has 0 heterocycles. The van der Waals surface area contributed by atoms with Gasteiger partial charge in [0, 0.05) is 11.8 Å². The van der Waals surface area contributed by atoms with E-state index >= 15 is 0 Å². The Morgan fingerprint density at radius 2 is 1.89 bits per heavy atom. The van der Waals surface area contributed by atoms with Gasteiger partial charge in [0.1, 0.15) is 0 Å². The third-order valence-corrected chi connectivity index (χ3v) is 3.05. The fourth-order valence-electron chi connectivity index (χ4n) is 1.32. The monoisotopic (exact) mass is 282 g/mol. The van der Waals surface area contributed by atoms with Gasteiger partial charge in [-0.2, -0.15) is 0 Å². The van der Waals surface area contributed by atoms with E-state index < -0.39 is 10.0 Å². The van der Waals surface area contributed by atoms with E-state index in [0.717, 1.165) is 11.0 Å². The van der Waals surface area contributed by atoms with Crippen molar-refractivity contribution in [2.75, 3.05) is 0 Å². The maximum absolute atomic E-state index is 11.6. The summed E-state index contributed by atoms with van der Waals surface area (Å²) >= 11 is 0. The number of carbonyl (C=O) groups is 1. The Kier molecular flexibility index (Phi) is 5.72. The molecule has 1 rings (SSSR count). The van der Waals surface area contributed by atoms with Crippen LogP contribution in [0.25, 0.3) is 6.08 Å². The first kappa shape index (κ1) is 15.4. The normalized spacial score (nSPS) is 11.9. The molecule has 0 radical (unpaired) electrons. The fourth-order valence-corrected chi connectivity index (χ4v) is 1.98. The number of hydrogen-bond donors (Lipinski definition) is 2. The molecule has 0 aliphatic carbocycles. The van der Waals surface area contributed by atoms with Crippen LogP contribution in [0.1, 0.15) is 25.8 Å². The zero-order chi connectivity index (χ0) is 14.3. The predicted octanol–water partition coefficient (Wildman–Crippen LogP) is 1.65. The summed E-state index contributed by atoms with van der Waals surface area (Å²) in [7, 11) is -3.67. The fraction of sp³-hybridized carbons (Fsp3) is 0.308. The molecule has 0 spiro atoms. The molecule has 0 aromatic heterocycles. The van der Waals surface area contributed by atoms with Crippen LogP contribution in [0.5, 0.6) is 0 Å². The summed E-state index contributed by atoms with van der Waals surface area (Å²) in [5.74, 6) is -0.184. The Labute approximate surface area is 113 Å². The molecule has 0 saturated carbocycles. The van der Waals surface area contributed by atoms with Crippen molar-refractivity contribution in [2.45, 2.75) is 20.3 Å². The van der Waals surface area contributed by atoms with Gasteiger partial charge in [-0.3, -0.25) is 10.2 Å². The summed E-state index contributed by atoms with van der Waals surface area (Å²) < 4.78 is 23.2. The molecule has 5 nitrogen and oxygen atoms in total. The van der Waals surface area contributed by atoms with Crippen molar-refractivity contribution >= 4 is 22.0 Å². The average Bonchev–Trinajstić information content (AvgIpc) is 2.35. The van der Waals surface area contributed by atoms with Gasteiger partial charge < -0.3 is 0 Å². The molecule has 0 aliphatic heterocycles. The van der Waals surface area contributed by atoms with Crippen molar-refractivity contribution in [2.24, 2.45) is 5.92 Å². The lowest BCUT2D eigenvalue weighted by molar-refractivity contribution is -0.122. The van der Waals surface area contributed by atoms with Crippen LogP contribution in [0.4, 0.5) is 0 Å². The number of nitrogens with one attached hydrogen (secondary N) is 2. The van der Waals surface area contributed by atoms with E-state index in [1.807, 2.05) is 36.9 Å². The van der Waals surface area contributed by atoms with Gasteiger partial charge in [-0.05, 0) is 17.6 Å². The Morgan fingerprint density at radius 3 is 2.47 bits per heavy atom. The zero-order valence-electron chi connectivity index (χ0n) is 11.0. The van der Waals surface area contributed by atoms with Crippen molar-refractivity contribution in [3.63, 3.8) is 0 Å². The van der Waals surface area contributed by atoms with E-state index in [2.05, 4.69) is 5.43 Å². The molecule has 6 heteroatoms. The SMILES string of the molecule is CC(C)CC(=O)NNS(=O)(=O)/C=C/c1ccccc1. The second kappa shape index (κ2) is 7.06. The minimum Gasteiger partial charge on any atom is -0.278 e. The van der Waals surface area contributed by atoms with E-state index in [0.29, 0.717) is 0 Å². The molecule has 2 N–H and O–H groups in total. The van der Waals surface area contributed by atoms with Gasteiger partial charge in [0.25, 0.3) is 10.0 Å². The summed E-state index contributed by atoms with van der Waals surface area (Å²) in [6.07, 6.45) is 1.72. The largest absolute Gasteiger partial charge is 0.278 e. The number of hydrogen-bond acceptors (Lipinski definition) is 3. The van der Waals surface area contributed by atoms with Gasteiger partial charge >= 0.3 is 0 Å². The molecular formula is C13H18N2O3S. The van der Waals surface area contributed by atoms with E-state index in [1.165, 1.54) is 6.08 Å². The van der Waals surface area contributed by atoms with Crippen molar-refractivity contribution in [3.8, 4) is 0 Å². The highest BCUT2D eigenvalue weighted by Crippen LogP contribution is 2.02. The highest BCUT2D eigenvalue weighted by atomic mass is 32.2. The molecule has 19 heavy (non-hydrogen) atoms. The van der Waals surface area contributed by atoms with Crippen LogP contribution >= 0.6 is 0 Å². The first-order valence-electron chi connectivity index (χ1n) is 5.93. The van der Waals surface area contributed by atoms with Crippen LogP contribution in [0.3, 0.4) is 0 Å². The van der Waals surface area contributed by atoms with Gasteiger partial charge in [0.2, 0.25) is 5.91 Å². The molecule has 104 valence electrons. The molecule has 1 aromatic carbocycles. The Morgan fingerprint density at radius 1 is 1.26 bits per heavy atom. The third kappa shape index (κ3) is 6.73. The molecule has 0 fully saturated rings.